The zero-order chi connectivity index (χ0) is 14.7. The number of hydrogen-bond acceptors (Lipinski definition) is 2. The van der Waals surface area contributed by atoms with E-state index < -0.39 is 0 Å². The molecule has 0 saturated heterocycles. The fraction of sp³-hybridized carbons (Fsp3) is 0.789. The minimum Gasteiger partial charge on any atom is -0.306 e. The zero-order valence-corrected chi connectivity index (χ0v) is 14.6. The first-order valence-electron chi connectivity index (χ1n) is 9.15. The molecule has 118 valence electrons. The second kappa shape index (κ2) is 7.28. The van der Waals surface area contributed by atoms with Crippen LogP contribution in [0, 0.1) is 5.92 Å². The van der Waals surface area contributed by atoms with Gasteiger partial charge in [0.25, 0.3) is 0 Å². The Hall–Kier alpha value is -0.340. The number of aryl methyl sites for hydroxylation is 2. The van der Waals surface area contributed by atoms with Crippen LogP contribution in [0.3, 0.4) is 0 Å². The van der Waals surface area contributed by atoms with Crippen molar-refractivity contribution < 1.29 is 0 Å². The fourth-order valence-corrected chi connectivity index (χ4v) is 5.52. The van der Waals surface area contributed by atoms with E-state index >= 15 is 0 Å². The summed E-state index contributed by atoms with van der Waals surface area (Å²) in [5.41, 5.74) is 1.65. The molecule has 2 aliphatic rings. The van der Waals surface area contributed by atoms with Gasteiger partial charge in [-0.15, -0.1) is 11.3 Å². The molecule has 0 radical (unpaired) electrons. The molecule has 0 aliphatic heterocycles. The lowest BCUT2D eigenvalue weighted by atomic mass is 9.82. The van der Waals surface area contributed by atoms with Crippen LogP contribution in [-0.4, -0.2) is 6.04 Å². The van der Waals surface area contributed by atoms with Gasteiger partial charge in [0, 0.05) is 21.8 Å². The summed E-state index contributed by atoms with van der Waals surface area (Å²) in [6.07, 6.45) is 14.0. The van der Waals surface area contributed by atoms with E-state index in [2.05, 4.69) is 36.6 Å². The highest BCUT2D eigenvalue weighted by Gasteiger charge is 2.25. The summed E-state index contributed by atoms with van der Waals surface area (Å²) < 4.78 is 0. The molecule has 1 saturated carbocycles. The van der Waals surface area contributed by atoms with E-state index in [1.807, 2.05) is 0 Å². The van der Waals surface area contributed by atoms with Gasteiger partial charge in [0.1, 0.15) is 0 Å². The highest BCUT2D eigenvalue weighted by atomic mass is 32.1. The van der Waals surface area contributed by atoms with Crippen LogP contribution in [0.1, 0.15) is 86.6 Å². The molecule has 1 N–H and O–H groups in total. The molecule has 1 heterocycles. The van der Waals surface area contributed by atoms with Crippen molar-refractivity contribution in [2.75, 3.05) is 0 Å². The van der Waals surface area contributed by atoms with Crippen LogP contribution in [0.5, 0.6) is 0 Å². The minimum atomic E-state index is 0.535. The van der Waals surface area contributed by atoms with Gasteiger partial charge >= 0.3 is 0 Å². The lowest BCUT2D eigenvalue weighted by molar-refractivity contribution is 0.250. The molecule has 1 fully saturated rings. The number of hydrogen-bond donors (Lipinski definition) is 1. The Balaban J connectivity index is 1.63. The molecule has 3 rings (SSSR count). The van der Waals surface area contributed by atoms with Gasteiger partial charge in [0.15, 0.2) is 0 Å². The largest absolute Gasteiger partial charge is 0.306 e. The van der Waals surface area contributed by atoms with Crippen molar-refractivity contribution in [3.8, 4) is 0 Å². The molecule has 1 aromatic heterocycles. The highest BCUT2D eigenvalue weighted by molar-refractivity contribution is 7.12. The summed E-state index contributed by atoms with van der Waals surface area (Å²) in [7, 11) is 0. The summed E-state index contributed by atoms with van der Waals surface area (Å²) in [5, 5.41) is 3.97. The summed E-state index contributed by atoms with van der Waals surface area (Å²) in [6.45, 7) is 4.74. The van der Waals surface area contributed by atoms with E-state index in [-0.39, 0.29) is 0 Å². The maximum absolute atomic E-state index is 3.97. The first-order valence-corrected chi connectivity index (χ1v) is 9.97. The lowest BCUT2D eigenvalue weighted by Gasteiger charge is -2.32. The Morgan fingerprint density at radius 3 is 2.62 bits per heavy atom. The van der Waals surface area contributed by atoms with Crippen molar-refractivity contribution in [2.24, 2.45) is 5.92 Å². The van der Waals surface area contributed by atoms with Gasteiger partial charge in [-0.2, -0.15) is 0 Å². The Labute approximate surface area is 134 Å². The minimum absolute atomic E-state index is 0.535. The molecule has 0 spiro atoms. The van der Waals surface area contributed by atoms with Gasteiger partial charge in [-0.1, -0.05) is 26.2 Å². The van der Waals surface area contributed by atoms with Crippen molar-refractivity contribution in [3.05, 3.63) is 21.4 Å². The summed E-state index contributed by atoms with van der Waals surface area (Å²) in [5.74, 6) is 0.917. The van der Waals surface area contributed by atoms with Gasteiger partial charge in [0.2, 0.25) is 0 Å². The van der Waals surface area contributed by atoms with Crippen LogP contribution in [0.2, 0.25) is 0 Å². The maximum atomic E-state index is 3.97. The molecule has 0 amide bonds. The third kappa shape index (κ3) is 3.71. The number of nitrogens with one attached hydrogen (secondary N) is 1. The molecule has 2 atom stereocenters. The first-order chi connectivity index (χ1) is 10.3. The monoisotopic (exact) mass is 305 g/mol. The summed E-state index contributed by atoms with van der Waals surface area (Å²) >= 11 is 2.08. The molecule has 1 aromatic rings. The summed E-state index contributed by atoms with van der Waals surface area (Å²) in [6, 6.07) is 3.76. The summed E-state index contributed by atoms with van der Waals surface area (Å²) in [4.78, 5) is 3.26. The van der Waals surface area contributed by atoms with Crippen LogP contribution < -0.4 is 5.32 Å². The van der Waals surface area contributed by atoms with Gasteiger partial charge in [-0.05, 0) is 69.4 Å². The van der Waals surface area contributed by atoms with E-state index in [0.29, 0.717) is 6.04 Å². The van der Waals surface area contributed by atoms with Gasteiger partial charge in [0.05, 0.1) is 0 Å². The predicted octanol–water partition coefficient (Wildman–Crippen LogP) is 5.64. The van der Waals surface area contributed by atoms with Crippen molar-refractivity contribution in [1.82, 2.24) is 5.32 Å². The number of rotatable bonds is 5. The second-order valence-electron chi connectivity index (χ2n) is 7.11. The van der Waals surface area contributed by atoms with E-state index in [4.69, 9.17) is 0 Å². The molecule has 2 aliphatic carbocycles. The number of fused-ring (bicyclic) bond motifs is 1. The van der Waals surface area contributed by atoms with Crippen LogP contribution in [0.15, 0.2) is 6.07 Å². The van der Waals surface area contributed by atoms with Crippen molar-refractivity contribution in [2.45, 2.75) is 90.1 Å². The third-order valence-corrected chi connectivity index (χ3v) is 6.99. The topological polar surface area (TPSA) is 12.0 Å². The normalized spacial score (nSPS) is 22.8. The molecule has 1 nitrogen and oxygen atoms in total. The van der Waals surface area contributed by atoms with E-state index in [0.717, 1.165) is 12.0 Å². The Morgan fingerprint density at radius 1 is 1.14 bits per heavy atom. The van der Waals surface area contributed by atoms with Crippen molar-refractivity contribution >= 4 is 11.3 Å². The fourth-order valence-electron chi connectivity index (χ4n) is 4.25. The van der Waals surface area contributed by atoms with Crippen LogP contribution >= 0.6 is 11.3 Å². The zero-order valence-electron chi connectivity index (χ0n) is 13.8. The molecule has 21 heavy (non-hydrogen) atoms. The second-order valence-corrected chi connectivity index (χ2v) is 8.27. The molecule has 0 aromatic carbocycles. The molecular weight excluding hydrogens is 274 g/mol. The quantitative estimate of drug-likeness (QED) is 0.742. The first kappa shape index (κ1) is 15.6. The van der Waals surface area contributed by atoms with Crippen molar-refractivity contribution in [3.63, 3.8) is 0 Å². The van der Waals surface area contributed by atoms with Crippen molar-refractivity contribution in [1.29, 1.82) is 0 Å². The SMILES string of the molecule is CCC(NC(C)c1cc2c(s1)CCCC2)C1CCCCC1. The third-order valence-electron chi connectivity index (χ3n) is 5.57. The molecule has 2 unspecified atom stereocenters. The van der Waals surface area contributed by atoms with Gasteiger partial charge in [-0.25, -0.2) is 0 Å². The van der Waals surface area contributed by atoms with Crippen LogP contribution in [-0.2, 0) is 12.8 Å². The smallest absolute Gasteiger partial charge is 0.0388 e. The average Bonchev–Trinajstić information content (AvgIpc) is 2.97. The maximum Gasteiger partial charge on any atom is 0.0388 e. The predicted molar refractivity (Wildman–Crippen MR) is 93.2 cm³/mol. The molecular formula is C19H31NS. The van der Waals surface area contributed by atoms with Gasteiger partial charge in [-0.3, -0.25) is 0 Å². The lowest BCUT2D eigenvalue weighted by Crippen LogP contribution is -2.38. The Kier molecular flexibility index (Phi) is 5.39. The van der Waals surface area contributed by atoms with E-state index in [1.54, 1.807) is 15.3 Å². The number of thiophene rings is 1. The Bertz CT molecular complexity index is 421. The van der Waals surface area contributed by atoms with Gasteiger partial charge < -0.3 is 5.32 Å². The molecule has 2 heteroatoms. The molecule has 0 bridgehead atoms. The standard InChI is InChI=1S/C19H31NS/c1-3-17(15-9-5-4-6-10-15)20-14(2)19-13-16-11-7-8-12-18(16)21-19/h13-15,17,20H,3-12H2,1-2H3. The van der Waals surface area contributed by atoms with Crippen LogP contribution in [0.25, 0.3) is 0 Å². The Morgan fingerprint density at radius 2 is 1.90 bits per heavy atom. The van der Waals surface area contributed by atoms with Crippen LogP contribution in [0.4, 0.5) is 0 Å². The highest BCUT2D eigenvalue weighted by Crippen LogP contribution is 2.34. The van der Waals surface area contributed by atoms with E-state index in [9.17, 15) is 0 Å². The van der Waals surface area contributed by atoms with E-state index in [1.165, 1.54) is 64.2 Å². The average molecular weight is 306 g/mol.